The van der Waals surface area contributed by atoms with E-state index in [2.05, 4.69) is 5.32 Å². The highest BCUT2D eigenvalue weighted by molar-refractivity contribution is 5.80. The predicted octanol–water partition coefficient (Wildman–Crippen LogP) is 2.08. The van der Waals surface area contributed by atoms with Crippen molar-refractivity contribution in [3.63, 3.8) is 0 Å². The van der Waals surface area contributed by atoms with Crippen molar-refractivity contribution in [3.05, 3.63) is 0 Å². The third kappa shape index (κ3) is 7.53. The standard InChI is InChI=1S/C11H19F3N2O3/c1-7(10(2,3)4)15-9(19)16(5-8(17)18)6-11(12,13)14/h7H,5-6H2,1-4H3,(H,15,19)(H,17,18). The van der Waals surface area contributed by atoms with Gasteiger partial charge in [0.1, 0.15) is 13.1 Å². The highest BCUT2D eigenvalue weighted by atomic mass is 19.4. The van der Waals surface area contributed by atoms with Crippen molar-refractivity contribution in [3.8, 4) is 0 Å². The Labute approximate surface area is 109 Å². The van der Waals surface area contributed by atoms with Gasteiger partial charge in [0.2, 0.25) is 0 Å². The predicted molar refractivity (Wildman–Crippen MR) is 62.7 cm³/mol. The lowest BCUT2D eigenvalue weighted by atomic mass is 9.88. The molecule has 0 aliphatic carbocycles. The van der Waals surface area contributed by atoms with Crippen LogP contribution in [0, 0.1) is 5.41 Å². The zero-order chi connectivity index (χ0) is 15.4. The summed E-state index contributed by atoms with van der Waals surface area (Å²) < 4.78 is 36.8. The Kier molecular flexibility index (Phi) is 5.64. The van der Waals surface area contributed by atoms with Gasteiger partial charge >= 0.3 is 18.2 Å². The van der Waals surface area contributed by atoms with Gasteiger partial charge in [-0.25, -0.2) is 4.79 Å². The number of carboxylic acids is 1. The maximum atomic E-state index is 12.3. The molecule has 0 saturated heterocycles. The molecular formula is C11H19F3N2O3. The Morgan fingerprint density at radius 1 is 1.26 bits per heavy atom. The quantitative estimate of drug-likeness (QED) is 0.830. The lowest BCUT2D eigenvalue weighted by Gasteiger charge is -2.31. The first-order valence-corrected chi connectivity index (χ1v) is 5.67. The summed E-state index contributed by atoms with van der Waals surface area (Å²) in [6.45, 7) is 4.48. The minimum atomic E-state index is -4.64. The van der Waals surface area contributed by atoms with Gasteiger partial charge < -0.3 is 15.3 Å². The zero-order valence-electron chi connectivity index (χ0n) is 11.3. The van der Waals surface area contributed by atoms with Crippen LogP contribution in [-0.4, -0.2) is 47.3 Å². The Hall–Kier alpha value is -1.47. The molecule has 1 atom stereocenters. The topological polar surface area (TPSA) is 69.6 Å². The normalized spacial score (nSPS) is 13.8. The van der Waals surface area contributed by atoms with Crippen LogP contribution in [0.15, 0.2) is 0 Å². The summed E-state index contributed by atoms with van der Waals surface area (Å²) in [7, 11) is 0. The molecule has 0 aromatic carbocycles. The van der Waals surface area contributed by atoms with E-state index in [0.29, 0.717) is 0 Å². The lowest BCUT2D eigenvalue weighted by molar-refractivity contribution is -0.149. The van der Waals surface area contributed by atoms with Crippen LogP contribution in [0.2, 0.25) is 0 Å². The molecule has 0 aliphatic heterocycles. The molecule has 0 saturated carbocycles. The van der Waals surface area contributed by atoms with E-state index in [1.807, 2.05) is 20.8 Å². The summed E-state index contributed by atoms with van der Waals surface area (Å²) >= 11 is 0. The number of hydrogen-bond acceptors (Lipinski definition) is 2. The largest absolute Gasteiger partial charge is 0.480 e. The van der Waals surface area contributed by atoms with Crippen molar-refractivity contribution < 1.29 is 27.9 Å². The summed E-state index contributed by atoms with van der Waals surface area (Å²) in [5.74, 6) is -1.50. The first kappa shape index (κ1) is 17.5. The molecule has 2 N–H and O–H groups in total. The van der Waals surface area contributed by atoms with Crippen LogP contribution < -0.4 is 5.32 Å². The van der Waals surface area contributed by atoms with Crippen molar-refractivity contribution in [2.24, 2.45) is 5.41 Å². The Bertz CT molecular complexity index is 337. The number of carbonyl (C=O) groups is 2. The number of carbonyl (C=O) groups excluding carboxylic acids is 1. The molecule has 5 nitrogen and oxygen atoms in total. The van der Waals surface area contributed by atoms with Gasteiger partial charge in [-0.2, -0.15) is 13.2 Å². The maximum absolute atomic E-state index is 12.3. The summed E-state index contributed by atoms with van der Waals surface area (Å²) in [5, 5.41) is 10.9. The van der Waals surface area contributed by atoms with Gasteiger partial charge in [-0.05, 0) is 12.3 Å². The monoisotopic (exact) mass is 284 g/mol. The average Bonchev–Trinajstić information content (AvgIpc) is 2.11. The number of urea groups is 1. The molecule has 0 aliphatic rings. The van der Waals surface area contributed by atoms with Crippen LogP contribution in [0.3, 0.4) is 0 Å². The van der Waals surface area contributed by atoms with Crippen molar-refractivity contribution in [1.29, 1.82) is 0 Å². The fraction of sp³-hybridized carbons (Fsp3) is 0.818. The number of hydrogen-bond donors (Lipinski definition) is 2. The van der Waals surface area contributed by atoms with Gasteiger partial charge in [0, 0.05) is 6.04 Å². The van der Waals surface area contributed by atoms with E-state index in [9.17, 15) is 22.8 Å². The number of nitrogens with zero attached hydrogens (tertiary/aromatic N) is 1. The molecule has 19 heavy (non-hydrogen) atoms. The molecule has 0 radical (unpaired) electrons. The van der Waals surface area contributed by atoms with Gasteiger partial charge in [-0.1, -0.05) is 20.8 Å². The van der Waals surface area contributed by atoms with E-state index in [0.717, 1.165) is 0 Å². The number of alkyl halides is 3. The minimum absolute atomic E-state index is 0.227. The molecule has 8 heteroatoms. The zero-order valence-corrected chi connectivity index (χ0v) is 11.3. The van der Waals surface area contributed by atoms with Crippen LogP contribution in [0.4, 0.5) is 18.0 Å². The van der Waals surface area contributed by atoms with Crippen molar-refractivity contribution in [2.75, 3.05) is 13.1 Å². The van der Waals surface area contributed by atoms with Crippen molar-refractivity contribution in [2.45, 2.75) is 39.9 Å². The molecule has 0 rings (SSSR count). The maximum Gasteiger partial charge on any atom is 0.406 e. The first-order chi connectivity index (χ1) is 8.33. The Morgan fingerprint density at radius 3 is 2.05 bits per heavy atom. The van der Waals surface area contributed by atoms with Crippen molar-refractivity contribution in [1.82, 2.24) is 10.2 Å². The summed E-state index contributed by atoms with van der Waals surface area (Å²) in [6, 6.07) is -1.44. The lowest BCUT2D eigenvalue weighted by Crippen LogP contribution is -2.51. The fourth-order valence-electron chi connectivity index (χ4n) is 1.07. The van der Waals surface area contributed by atoms with E-state index in [-0.39, 0.29) is 10.3 Å². The molecule has 0 heterocycles. The molecule has 0 aromatic heterocycles. The number of halogens is 3. The number of rotatable bonds is 4. The van der Waals surface area contributed by atoms with E-state index in [1.54, 1.807) is 6.92 Å². The smallest absolute Gasteiger partial charge is 0.406 e. The van der Waals surface area contributed by atoms with Crippen molar-refractivity contribution >= 4 is 12.0 Å². The van der Waals surface area contributed by atoms with Gasteiger partial charge in [-0.3, -0.25) is 4.79 Å². The number of amides is 2. The van der Waals surface area contributed by atoms with Crippen LogP contribution in [0.1, 0.15) is 27.7 Å². The number of nitrogens with one attached hydrogen (secondary N) is 1. The highest BCUT2D eigenvalue weighted by Crippen LogP contribution is 2.20. The van der Waals surface area contributed by atoms with Gasteiger partial charge in [0.05, 0.1) is 0 Å². The molecule has 0 aromatic rings. The molecule has 0 bridgehead atoms. The number of carboxylic acid groups (broad SMARTS) is 1. The SMILES string of the molecule is CC(NC(=O)N(CC(=O)O)CC(F)(F)F)C(C)(C)C. The second-order valence-corrected chi connectivity index (χ2v) is 5.40. The molecule has 2 amide bonds. The number of aliphatic carboxylic acids is 1. The van der Waals surface area contributed by atoms with Gasteiger partial charge in [-0.15, -0.1) is 0 Å². The molecule has 112 valence electrons. The van der Waals surface area contributed by atoms with Crippen LogP contribution >= 0.6 is 0 Å². The van der Waals surface area contributed by atoms with Gasteiger partial charge in [0.15, 0.2) is 0 Å². The molecular weight excluding hydrogens is 265 g/mol. The third-order valence-corrected chi connectivity index (χ3v) is 2.62. The Morgan fingerprint density at radius 2 is 1.74 bits per heavy atom. The molecule has 0 spiro atoms. The second kappa shape index (κ2) is 6.12. The second-order valence-electron chi connectivity index (χ2n) is 5.40. The van der Waals surface area contributed by atoms with E-state index >= 15 is 0 Å². The van der Waals surface area contributed by atoms with Crippen LogP contribution in [-0.2, 0) is 4.79 Å². The highest BCUT2D eigenvalue weighted by Gasteiger charge is 2.35. The summed E-state index contributed by atoms with van der Waals surface area (Å²) in [4.78, 5) is 22.4. The third-order valence-electron chi connectivity index (χ3n) is 2.62. The first-order valence-electron chi connectivity index (χ1n) is 5.67. The molecule has 1 unspecified atom stereocenters. The average molecular weight is 284 g/mol. The summed E-state index contributed by atoms with van der Waals surface area (Å²) in [5.41, 5.74) is -0.344. The minimum Gasteiger partial charge on any atom is -0.480 e. The van der Waals surface area contributed by atoms with E-state index in [4.69, 9.17) is 5.11 Å². The van der Waals surface area contributed by atoms with E-state index in [1.165, 1.54) is 0 Å². The van der Waals surface area contributed by atoms with Crippen LogP contribution in [0.5, 0.6) is 0 Å². The fourth-order valence-corrected chi connectivity index (χ4v) is 1.07. The summed E-state index contributed by atoms with van der Waals surface area (Å²) in [6.07, 6.45) is -4.64. The Balaban J connectivity index is 4.77. The molecule has 0 fully saturated rings. The van der Waals surface area contributed by atoms with E-state index < -0.39 is 37.3 Å². The van der Waals surface area contributed by atoms with Gasteiger partial charge in [0.25, 0.3) is 0 Å². The van der Waals surface area contributed by atoms with Crippen LogP contribution in [0.25, 0.3) is 0 Å².